The van der Waals surface area contributed by atoms with Crippen molar-refractivity contribution in [2.24, 2.45) is 5.41 Å². The minimum atomic E-state index is -0.452. The topological polar surface area (TPSA) is 43.7 Å². The molecule has 0 aliphatic carbocycles. The third-order valence-corrected chi connectivity index (χ3v) is 5.78. The minimum absolute atomic E-state index is 0.0865. The van der Waals surface area contributed by atoms with E-state index in [9.17, 15) is 10.2 Å². The van der Waals surface area contributed by atoms with E-state index in [2.05, 4.69) is 55.1 Å². The number of fused-ring (bicyclic) bond motifs is 1. The van der Waals surface area contributed by atoms with E-state index in [1.54, 1.807) is 0 Å². The summed E-state index contributed by atoms with van der Waals surface area (Å²) in [7, 11) is 0. The van der Waals surface area contributed by atoms with Crippen LogP contribution in [0.4, 0.5) is 0 Å². The summed E-state index contributed by atoms with van der Waals surface area (Å²) in [6.07, 6.45) is 2.31. The van der Waals surface area contributed by atoms with Crippen molar-refractivity contribution in [2.75, 3.05) is 19.7 Å². The molecule has 3 nitrogen and oxygen atoms in total. The van der Waals surface area contributed by atoms with Crippen LogP contribution in [0.3, 0.4) is 0 Å². The molecular weight excluding hydrogens is 298 g/mol. The second-order valence-electron chi connectivity index (χ2n) is 7.35. The number of nitrogens with zero attached hydrogens (tertiary/aromatic N) is 1. The zero-order chi connectivity index (χ0) is 17.2. The summed E-state index contributed by atoms with van der Waals surface area (Å²) in [5.41, 5.74) is 2.35. The Morgan fingerprint density at radius 1 is 1.21 bits per heavy atom. The summed E-state index contributed by atoms with van der Waals surface area (Å²) < 4.78 is 0. The van der Waals surface area contributed by atoms with E-state index in [0.717, 1.165) is 32.4 Å². The molecule has 0 amide bonds. The first-order valence-corrected chi connectivity index (χ1v) is 9.08. The van der Waals surface area contributed by atoms with Crippen molar-refractivity contribution >= 4 is 10.8 Å². The standard InChI is InChI=1S/C21H29NO2/c1-3-10-21(15-23)11-12-22(14-20(21)24)13-19-16(2)8-9-17-6-4-5-7-18(17)19/h4-9,20,23-24H,3,10-15H2,1-2H3/t20-,21-/m1/s1. The Hall–Kier alpha value is -1.42. The van der Waals surface area contributed by atoms with Crippen LogP contribution in [0.15, 0.2) is 36.4 Å². The van der Waals surface area contributed by atoms with Crippen molar-refractivity contribution in [3.8, 4) is 0 Å². The molecule has 1 fully saturated rings. The molecule has 2 aromatic carbocycles. The number of piperidine rings is 1. The third kappa shape index (κ3) is 3.21. The van der Waals surface area contributed by atoms with Gasteiger partial charge in [0.05, 0.1) is 12.7 Å². The Balaban J connectivity index is 1.80. The molecule has 0 bridgehead atoms. The van der Waals surface area contributed by atoms with Gasteiger partial charge < -0.3 is 10.2 Å². The highest BCUT2D eigenvalue weighted by Crippen LogP contribution is 2.37. The maximum Gasteiger partial charge on any atom is 0.0745 e. The fraction of sp³-hybridized carbons (Fsp3) is 0.524. The number of rotatable bonds is 5. The Bertz CT molecular complexity index is 699. The molecule has 130 valence electrons. The molecule has 1 heterocycles. The maximum absolute atomic E-state index is 10.7. The Morgan fingerprint density at radius 2 is 2.00 bits per heavy atom. The van der Waals surface area contributed by atoms with Gasteiger partial charge in [0.1, 0.15) is 0 Å². The average molecular weight is 327 g/mol. The molecule has 2 aromatic rings. The summed E-state index contributed by atoms with van der Waals surface area (Å²) in [5.74, 6) is 0. The molecule has 1 aliphatic heterocycles. The zero-order valence-corrected chi connectivity index (χ0v) is 14.8. The molecule has 0 saturated carbocycles. The van der Waals surface area contributed by atoms with Gasteiger partial charge >= 0.3 is 0 Å². The number of β-amino-alcohol motifs (C(OH)–C–C–N with tert-alkyl or cyclic N) is 1. The first-order chi connectivity index (χ1) is 11.6. The van der Waals surface area contributed by atoms with Crippen molar-refractivity contribution in [1.82, 2.24) is 4.90 Å². The first kappa shape index (κ1) is 17.4. The van der Waals surface area contributed by atoms with Gasteiger partial charge in [-0.15, -0.1) is 0 Å². The van der Waals surface area contributed by atoms with Crippen LogP contribution < -0.4 is 0 Å². The molecule has 0 radical (unpaired) electrons. The largest absolute Gasteiger partial charge is 0.396 e. The molecule has 1 aliphatic rings. The number of hydrogen-bond donors (Lipinski definition) is 2. The van der Waals surface area contributed by atoms with Crippen LogP contribution in [-0.4, -0.2) is 40.9 Å². The van der Waals surface area contributed by atoms with Gasteiger partial charge in [0.25, 0.3) is 0 Å². The van der Waals surface area contributed by atoms with Gasteiger partial charge in [0.2, 0.25) is 0 Å². The minimum Gasteiger partial charge on any atom is -0.396 e. The van der Waals surface area contributed by atoms with Gasteiger partial charge in [-0.25, -0.2) is 0 Å². The van der Waals surface area contributed by atoms with Crippen molar-refractivity contribution in [3.63, 3.8) is 0 Å². The van der Waals surface area contributed by atoms with Crippen LogP contribution in [0.1, 0.15) is 37.3 Å². The lowest BCUT2D eigenvalue weighted by molar-refractivity contribution is -0.0802. The Morgan fingerprint density at radius 3 is 2.71 bits per heavy atom. The molecular formula is C21H29NO2. The van der Waals surface area contributed by atoms with E-state index in [1.165, 1.54) is 21.9 Å². The van der Waals surface area contributed by atoms with Gasteiger partial charge in [-0.2, -0.15) is 0 Å². The number of aliphatic hydroxyl groups is 2. The van der Waals surface area contributed by atoms with Crippen molar-refractivity contribution in [2.45, 2.75) is 45.8 Å². The molecule has 1 saturated heterocycles. The summed E-state index contributed by atoms with van der Waals surface area (Å²) in [6, 6.07) is 12.9. The van der Waals surface area contributed by atoms with Gasteiger partial charge in [-0.05, 0) is 48.2 Å². The fourth-order valence-corrected chi connectivity index (χ4v) is 4.15. The van der Waals surface area contributed by atoms with E-state index in [-0.39, 0.29) is 12.0 Å². The summed E-state index contributed by atoms with van der Waals surface area (Å²) in [6.45, 7) is 6.80. The summed E-state index contributed by atoms with van der Waals surface area (Å²) in [4.78, 5) is 2.34. The second-order valence-corrected chi connectivity index (χ2v) is 7.35. The molecule has 24 heavy (non-hydrogen) atoms. The molecule has 2 atom stereocenters. The fourth-order valence-electron chi connectivity index (χ4n) is 4.15. The number of aryl methyl sites for hydroxylation is 1. The van der Waals surface area contributed by atoms with Crippen LogP contribution in [0.25, 0.3) is 10.8 Å². The van der Waals surface area contributed by atoms with Gasteiger partial charge in [-0.3, -0.25) is 4.90 Å². The molecule has 0 unspecified atom stereocenters. The van der Waals surface area contributed by atoms with Crippen LogP contribution in [-0.2, 0) is 6.54 Å². The number of hydrogen-bond acceptors (Lipinski definition) is 3. The number of benzene rings is 2. The van der Waals surface area contributed by atoms with Gasteiger partial charge in [-0.1, -0.05) is 49.7 Å². The van der Waals surface area contributed by atoms with E-state index in [0.29, 0.717) is 6.54 Å². The predicted octanol–water partition coefficient (Wildman–Crippen LogP) is 3.49. The van der Waals surface area contributed by atoms with E-state index < -0.39 is 6.10 Å². The number of likely N-dealkylation sites (tertiary alicyclic amines) is 1. The molecule has 2 N–H and O–H groups in total. The highest BCUT2D eigenvalue weighted by atomic mass is 16.3. The lowest BCUT2D eigenvalue weighted by Gasteiger charge is -2.45. The lowest BCUT2D eigenvalue weighted by Crippen LogP contribution is -2.52. The lowest BCUT2D eigenvalue weighted by atomic mass is 9.73. The van der Waals surface area contributed by atoms with Crippen LogP contribution in [0, 0.1) is 12.3 Å². The van der Waals surface area contributed by atoms with Crippen LogP contribution >= 0.6 is 0 Å². The van der Waals surface area contributed by atoms with E-state index in [1.807, 2.05) is 0 Å². The van der Waals surface area contributed by atoms with Gasteiger partial charge in [0.15, 0.2) is 0 Å². The van der Waals surface area contributed by atoms with Crippen LogP contribution in [0.2, 0.25) is 0 Å². The quantitative estimate of drug-likeness (QED) is 0.883. The SMILES string of the molecule is CCC[C@]1(CO)CCN(Cc2c(C)ccc3ccccc23)C[C@H]1O. The smallest absolute Gasteiger partial charge is 0.0745 e. The molecule has 0 spiro atoms. The highest BCUT2D eigenvalue weighted by molar-refractivity contribution is 5.86. The van der Waals surface area contributed by atoms with Crippen molar-refractivity contribution < 1.29 is 10.2 Å². The van der Waals surface area contributed by atoms with Gasteiger partial charge in [0, 0.05) is 18.5 Å². The van der Waals surface area contributed by atoms with E-state index >= 15 is 0 Å². The zero-order valence-electron chi connectivity index (χ0n) is 14.8. The molecule has 3 rings (SSSR count). The van der Waals surface area contributed by atoms with E-state index in [4.69, 9.17) is 0 Å². The summed E-state index contributed by atoms with van der Waals surface area (Å²) >= 11 is 0. The monoisotopic (exact) mass is 327 g/mol. The summed E-state index contributed by atoms with van der Waals surface area (Å²) in [5, 5.41) is 23.1. The average Bonchev–Trinajstić information content (AvgIpc) is 2.60. The predicted molar refractivity (Wildman–Crippen MR) is 99.0 cm³/mol. The third-order valence-electron chi connectivity index (χ3n) is 5.78. The van der Waals surface area contributed by atoms with Crippen molar-refractivity contribution in [3.05, 3.63) is 47.5 Å². The molecule has 0 aromatic heterocycles. The molecule has 3 heteroatoms. The number of aliphatic hydroxyl groups excluding tert-OH is 2. The Labute approximate surface area is 144 Å². The first-order valence-electron chi connectivity index (χ1n) is 9.08. The Kier molecular flexibility index (Phi) is 5.24. The van der Waals surface area contributed by atoms with Crippen molar-refractivity contribution in [1.29, 1.82) is 0 Å². The normalized spacial score (nSPS) is 25.2. The second kappa shape index (κ2) is 7.22. The van der Waals surface area contributed by atoms with Crippen LogP contribution in [0.5, 0.6) is 0 Å². The highest BCUT2D eigenvalue weighted by Gasteiger charge is 2.41. The maximum atomic E-state index is 10.7.